The van der Waals surface area contributed by atoms with Gasteiger partial charge in [-0.05, 0) is 43.9 Å². The molecule has 0 saturated heterocycles. The molecule has 1 heterocycles. The van der Waals surface area contributed by atoms with E-state index in [1.54, 1.807) is 0 Å². The number of aliphatic imine (C=N–C) groups is 1. The summed E-state index contributed by atoms with van der Waals surface area (Å²) >= 11 is 0. The minimum Gasteiger partial charge on any atom is -0.462 e. The van der Waals surface area contributed by atoms with E-state index in [0.29, 0.717) is 6.61 Å². The third-order valence-electron chi connectivity index (χ3n) is 4.59. The van der Waals surface area contributed by atoms with Crippen LogP contribution in [0.3, 0.4) is 0 Å². The highest BCUT2D eigenvalue weighted by atomic mass is 31.2. The summed E-state index contributed by atoms with van der Waals surface area (Å²) < 4.78 is 5.48. The zero-order valence-corrected chi connectivity index (χ0v) is 15.7. The number of hydrogen-bond donors (Lipinski definition) is 0. The van der Waals surface area contributed by atoms with E-state index in [2.05, 4.69) is 53.5 Å². The lowest BCUT2D eigenvalue weighted by Crippen LogP contribution is -2.33. The second kappa shape index (κ2) is 7.84. The Morgan fingerprint density at radius 1 is 1.04 bits per heavy atom. The first kappa shape index (κ1) is 17.7. The molecule has 0 saturated carbocycles. The van der Waals surface area contributed by atoms with Gasteiger partial charge in [0.25, 0.3) is 0 Å². The molecule has 25 heavy (non-hydrogen) atoms. The molecule has 0 atom stereocenters. The highest BCUT2D eigenvalue weighted by molar-refractivity contribution is 7.92. The van der Waals surface area contributed by atoms with Crippen molar-refractivity contribution in [1.29, 1.82) is 0 Å². The predicted molar refractivity (Wildman–Crippen MR) is 108 cm³/mol. The summed E-state index contributed by atoms with van der Waals surface area (Å²) in [5.41, 5.74) is 0.831. The Hall–Kier alpha value is -2.12. The first-order valence-electron chi connectivity index (χ1n) is 8.75. The third kappa shape index (κ3) is 3.34. The summed E-state index contributed by atoms with van der Waals surface area (Å²) in [6.45, 7) is 2.87. The highest BCUT2D eigenvalue weighted by Gasteiger charge is 2.34. The van der Waals surface area contributed by atoms with Crippen molar-refractivity contribution < 1.29 is 9.53 Å². The molecule has 0 amide bonds. The van der Waals surface area contributed by atoms with Gasteiger partial charge in [-0.25, -0.2) is 4.79 Å². The van der Waals surface area contributed by atoms with Crippen LogP contribution in [0.1, 0.15) is 20.3 Å². The van der Waals surface area contributed by atoms with Gasteiger partial charge in [-0.15, -0.1) is 0 Å². The van der Waals surface area contributed by atoms with Gasteiger partial charge in [-0.1, -0.05) is 60.7 Å². The molecule has 0 spiro atoms. The molecule has 2 aromatic carbocycles. The van der Waals surface area contributed by atoms with Crippen molar-refractivity contribution in [3.05, 3.63) is 60.7 Å². The molecule has 1 aliphatic heterocycles. The second-order valence-corrected chi connectivity index (χ2v) is 9.64. The van der Waals surface area contributed by atoms with Gasteiger partial charge in [0.05, 0.1) is 11.9 Å². The number of carbonyl (C=O) groups is 1. The maximum Gasteiger partial charge on any atom is 0.340 e. The number of nitrogens with zero attached hydrogens (tertiary/aromatic N) is 1. The van der Waals surface area contributed by atoms with E-state index < -0.39 is 6.89 Å². The first-order valence-corrected chi connectivity index (χ1v) is 10.7. The molecule has 0 fully saturated rings. The Morgan fingerprint density at radius 2 is 1.60 bits per heavy atom. The van der Waals surface area contributed by atoms with Gasteiger partial charge in [-0.3, -0.25) is 4.99 Å². The van der Waals surface area contributed by atoms with E-state index in [0.717, 1.165) is 30.1 Å². The summed E-state index contributed by atoms with van der Waals surface area (Å²) in [5.74, 6) is -0.216. The Balaban J connectivity index is 2.43. The Bertz CT molecular complexity index is 782. The van der Waals surface area contributed by atoms with Crippen LogP contribution in [0.5, 0.6) is 0 Å². The lowest BCUT2D eigenvalue weighted by molar-refractivity contribution is -0.134. The monoisotopic (exact) mass is 353 g/mol. The van der Waals surface area contributed by atoms with Crippen molar-refractivity contribution in [3.8, 4) is 0 Å². The molecule has 3 nitrogen and oxygen atoms in total. The molecule has 3 rings (SSSR count). The zero-order chi connectivity index (χ0) is 17.7. The van der Waals surface area contributed by atoms with Crippen LogP contribution in [-0.4, -0.2) is 36.3 Å². The fraction of sp³-hybridized carbons (Fsp3) is 0.286. The molecule has 0 unspecified atom stereocenters. The number of hydrogen-bond acceptors (Lipinski definition) is 3. The summed E-state index contributed by atoms with van der Waals surface area (Å²) in [7, 11) is 0. The molecule has 4 heteroatoms. The normalized spacial score (nSPS) is 16.7. The molecule has 0 aliphatic carbocycles. The minimum absolute atomic E-state index is 0.216. The van der Waals surface area contributed by atoms with Gasteiger partial charge in [-0.2, -0.15) is 0 Å². The van der Waals surface area contributed by atoms with Crippen LogP contribution in [0.4, 0.5) is 0 Å². The van der Waals surface area contributed by atoms with Gasteiger partial charge in [0.2, 0.25) is 0 Å². The van der Waals surface area contributed by atoms with Gasteiger partial charge in [0.1, 0.15) is 0 Å². The van der Waals surface area contributed by atoms with E-state index in [4.69, 9.17) is 4.74 Å². The summed E-state index contributed by atoms with van der Waals surface area (Å²) in [6.07, 6.45) is 1.91. The number of rotatable bonds is 4. The van der Waals surface area contributed by atoms with Gasteiger partial charge in [0, 0.05) is 12.3 Å². The lowest BCUT2D eigenvalue weighted by atomic mass is 10.3. The average Bonchev–Trinajstić information content (AvgIpc) is 2.83. The Kier molecular flexibility index (Phi) is 5.55. The maximum atomic E-state index is 13.0. The zero-order valence-electron chi connectivity index (χ0n) is 14.8. The van der Waals surface area contributed by atoms with Crippen LogP contribution >= 0.6 is 6.89 Å². The average molecular weight is 353 g/mol. The standard InChI is InChI=1S/C21H24NO2P/c1-3-24-21(23)20-17(2)22-15-10-16-25(20,18-11-6-4-7-12-18)19-13-8-5-9-14-19/h4-9,11-14H,3,10,15-16H2,1-2H3. The van der Waals surface area contributed by atoms with E-state index in [-0.39, 0.29) is 5.97 Å². The van der Waals surface area contributed by atoms with E-state index in [1.807, 2.05) is 26.0 Å². The minimum atomic E-state index is -2.08. The van der Waals surface area contributed by atoms with E-state index in [1.165, 1.54) is 10.6 Å². The fourth-order valence-corrected chi connectivity index (χ4v) is 8.08. The van der Waals surface area contributed by atoms with E-state index in [9.17, 15) is 4.79 Å². The molecular formula is C21H24NO2P. The van der Waals surface area contributed by atoms with Gasteiger partial charge >= 0.3 is 5.97 Å². The molecule has 2 aromatic rings. The SMILES string of the molecule is CCOC(=O)C1=P(c2ccccc2)(c2ccccc2)CCCN=C1C. The molecule has 0 aromatic heterocycles. The summed E-state index contributed by atoms with van der Waals surface area (Å²) in [6, 6.07) is 20.9. The van der Waals surface area contributed by atoms with Crippen LogP contribution in [0.15, 0.2) is 65.7 Å². The molecule has 130 valence electrons. The Morgan fingerprint density at radius 3 is 2.12 bits per heavy atom. The smallest absolute Gasteiger partial charge is 0.340 e. The van der Waals surface area contributed by atoms with Crippen molar-refractivity contribution in [1.82, 2.24) is 0 Å². The summed E-state index contributed by atoms with van der Waals surface area (Å²) in [5, 5.41) is 3.23. The molecule has 1 aliphatic rings. The molecule has 0 bridgehead atoms. The lowest BCUT2D eigenvalue weighted by Gasteiger charge is -2.30. The van der Waals surface area contributed by atoms with Crippen LogP contribution < -0.4 is 10.6 Å². The van der Waals surface area contributed by atoms with Crippen molar-refractivity contribution in [2.75, 3.05) is 19.3 Å². The summed E-state index contributed by atoms with van der Waals surface area (Å²) in [4.78, 5) is 17.7. The number of esters is 1. The third-order valence-corrected chi connectivity index (χ3v) is 9.20. The predicted octanol–water partition coefficient (Wildman–Crippen LogP) is 3.26. The van der Waals surface area contributed by atoms with Crippen LogP contribution in [-0.2, 0) is 9.53 Å². The number of ether oxygens (including phenoxy) is 1. The first-order chi connectivity index (χ1) is 12.2. The largest absolute Gasteiger partial charge is 0.462 e. The van der Waals surface area contributed by atoms with Crippen molar-refractivity contribution >= 4 is 34.5 Å². The fourth-order valence-electron chi connectivity index (χ4n) is 3.55. The van der Waals surface area contributed by atoms with Crippen LogP contribution in [0.2, 0.25) is 0 Å². The second-order valence-electron chi connectivity index (χ2n) is 6.09. The van der Waals surface area contributed by atoms with Crippen molar-refractivity contribution in [2.45, 2.75) is 20.3 Å². The molecule has 0 radical (unpaired) electrons. The van der Waals surface area contributed by atoms with Crippen LogP contribution in [0, 0.1) is 0 Å². The molecule has 0 N–H and O–H groups in total. The highest BCUT2D eigenvalue weighted by Crippen LogP contribution is 2.49. The number of benzene rings is 2. The van der Waals surface area contributed by atoms with E-state index >= 15 is 0 Å². The van der Waals surface area contributed by atoms with Gasteiger partial charge < -0.3 is 4.74 Å². The van der Waals surface area contributed by atoms with Crippen molar-refractivity contribution in [2.24, 2.45) is 4.99 Å². The maximum absolute atomic E-state index is 13.0. The quantitative estimate of drug-likeness (QED) is 0.625. The Labute approximate surface area is 149 Å². The topological polar surface area (TPSA) is 38.7 Å². The van der Waals surface area contributed by atoms with Gasteiger partial charge in [0.15, 0.2) is 0 Å². The van der Waals surface area contributed by atoms with Crippen molar-refractivity contribution in [3.63, 3.8) is 0 Å². The van der Waals surface area contributed by atoms with Crippen LogP contribution in [0.25, 0.3) is 0 Å². The molecular weight excluding hydrogens is 329 g/mol. The number of carbonyl (C=O) groups excluding carboxylic acids is 1.